The molecule has 1 aliphatic rings. The van der Waals surface area contributed by atoms with Crippen molar-refractivity contribution >= 4 is 0 Å². The zero-order valence-electron chi connectivity index (χ0n) is 14.4. The van der Waals surface area contributed by atoms with E-state index in [0.717, 1.165) is 24.1 Å². The number of methoxy groups -OCH3 is 1. The van der Waals surface area contributed by atoms with Gasteiger partial charge in [-0.2, -0.15) is 0 Å². The summed E-state index contributed by atoms with van der Waals surface area (Å²) >= 11 is 0. The number of pyridine rings is 1. The van der Waals surface area contributed by atoms with Gasteiger partial charge in [0, 0.05) is 18.3 Å². The molecule has 0 spiro atoms. The van der Waals surface area contributed by atoms with E-state index in [0.29, 0.717) is 17.9 Å². The molecule has 1 unspecified atom stereocenters. The smallest absolute Gasteiger partial charge is 0.161 e. The van der Waals surface area contributed by atoms with Gasteiger partial charge in [-0.15, -0.1) is 0 Å². The molecular formula is C20H25NO3. The first kappa shape index (κ1) is 16.8. The van der Waals surface area contributed by atoms with Crippen molar-refractivity contribution in [3.8, 4) is 11.5 Å². The van der Waals surface area contributed by atoms with Gasteiger partial charge in [0.2, 0.25) is 0 Å². The summed E-state index contributed by atoms with van der Waals surface area (Å²) in [6.45, 7) is 1.81. The van der Waals surface area contributed by atoms with Crippen molar-refractivity contribution in [1.82, 2.24) is 4.98 Å². The lowest BCUT2D eigenvalue weighted by atomic mass is 9.90. The molecule has 1 heterocycles. The van der Waals surface area contributed by atoms with Gasteiger partial charge in [0.05, 0.1) is 18.8 Å². The SMILES string of the molecule is COc1ccc(C(C)(O)Cc2ccccn2)cc1OC1CCCC1. The molecular weight excluding hydrogens is 302 g/mol. The van der Waals surface area contributed by atoms with Crippen LogP contribution in [0, 0.1) is 0 Å². The minimum atomic E-state index is -1.02. The molecule has 3 rings (SSSR count). The molecule has 2 aromatic rings. The fourth-order valence-electron chi connectivity index (χ4n) is 3.25. The van der Waals surface area contributed by atoms with E-state index in [2.05, 4.69) is 4.98 Å². The van der Waals surface area contributed by atoms with E-state index in [1.165, 1.54) is 12.8 Å². The number of hydrogen-bond acceptors (Lipinski definition) is 4. The molecule has 0 bridgehead atoms. The minimum Gasteiger partial charge on any atom is -0.493 e. The number of aromatic nitrogens is 1. The van der Waals surface area contributed by atoms with Gasteiger partial charge < -0.3 is 14.6 Å². The van der Waals surface area contributed by atoms with Gasteiger partial charge in [0.15, 0.2) is 11.5 Å². The van der Waals surface area contributed by atoms with Gasteiger partial charge in [-0.1, -0.05) is 12.1 Å². The fraction of sp³-hybridized carbons (Fsp3) is 0.450. The topological polar surface area (TPSA) is 51.6 Å². The zero-order valence-corrected chi connectivity index (χ0v) is 14.4. The molecule has 24 heavy (non-hydrogen) atoms. The first-order valence-corrected chi connectivity index (χ1v) is 8.56. The number of nitrogens with zero attached hydrogens (tertiary/aromatic N) is 1. The number of ether oxygens (including phenoxy) is 2. The lowest BCUT2D eigenvalue weighted by molar-refractivity contribution is 0.0560. The molecule has 1 aliphatic carbocycles. The van der Waals surface area contributed by atoms with Crippen LogP contribution in [0.3, 0.4) is 0 Å². The average molecular weight is 327 g/mol. The van der Waals surface area contributed by atoms with Crippen LogP contribution in [-0.4, -0.2) is 23.3 Å². The third-order valence-corrected chi connectivity index (χ3v) is 4.63. The molecule has 1 atom stereocenters. The molecule has 0 radical (unpaired) electrons. The zero-order chi connectivity index (χ0) is 17.0. The van der Waals surface area contributed by atoms with Crippen molar-refractivity contribution < 1.29 is 14.6 Å². The van der Waals surface area contributed by atoms with Gasteiger partial charge in [-0.3, -0.25) is 4.98 Å². The molecule has 1 N–H and O–H groups in total. The third kappa shape index (κ3) is 3.88. The summed E-state index contributed by atoms with van der Waals surface area (Å²) in [5.74, 6) is 1.42. The molecule has 0 aliphatic heterocycles. The van der Waals surface area contributed by atoms with Gasteiger partial charge in [0.1, 0.15) is 0 Å². The van der Waals surface area contributed by atoms with Gasteiger partial charge in [-0.25, -0.2) is 0 Å². The molecule has 0 saturated heterocycles. The Bertz CT molecular complexity index is 664. The second kappa shape index (κ2) is 7.22. The summed E-state index contributed by atoms with van der Waals surface area (Å²) in [6, 6.07) is 11.4. The largest absolute Gasteiger partial charge is 0.493 e. The van der Waals surface area contributed by atoms with Crippen LogP contribution in [0.1, 0.15) is 43.9 Å². The molecule has 4 heteroatoms. The summed E-state index contributed by atoms with van der Waals surface area (Å²) in [5.41, 5.74) is 0.646. The molecule has 1 aromatic carbocycles. The van der Waals surface area contributed by atoms with Gasteiger partial charge >= 0.3 is 0 Å². The lowest BCUT2D eigenvalue weighted by Crippen LogP contribution is -2.25. The Morgan fingerprint density at radius 2 is 1.96 bits per heavy atom. The van der Waals surface area contributed by atoms with Crippen molar-refractivity contribution in [1.29, 1.82) is 0 Å². The molecule has 128 valence electrons. The van der Waals surface area contributed by atoms with Crippen molar-refractivity contribution in [2.75, 3.05) is 7.11 Å². The van der Waals surface area contributed by atoms with E-state index in [9.17, 15) is 5.11 Å². The van der Waals surface area contributed by atoms with Gasteiger partial charge in [-0.05, 0) is 62.4 Å². The van der Waals surface area contributed by atoms with E-state index in [-0.39, 0.29) is 6.10 Å². The first-order valence-electron chi connectivity index (χ1n) is 8.56. The number of benzene rings is 1. The van der Waals surface area contributed by atoms with Crippen LogP contribution < -0.4 is 9.47 Å². The van der Waals surface area contributed by atoms with Crippen LogP contribution in [0.5, 0.6) is 11.5 Å². The summed E-state index contributed by atoms with van der Waals surface area (Å²) < 4.78 is 11.6. The molecule has 1 saturated carbocycles. The van der Waals surface area contributed by atoms with E-state index in [1.54, 1.807) is 13.3 Å². The Kier molecular flexibility index (Phi) is 5.05. The van der Waals surface area contributed by atoms with E-state index in [1.807, 2.05) is 43.3 Å². The lowest BCUT2D eigenvalue weighted by Gasteiger charge is -2.25. The molecule has 0 amide bonds. The van der Waals surface area contributed by atoms with Crippen LogP contribution in [0.15, 0.2) is 42.6 Å². The van der Waals surface area contributed by atoms with Crippen LogP contribution >= 0.6 is 0 Å². The summed E-state index contributed by atoms with van der Waals surface area (Å²) in [5, 5.41) is 11.0. The third-order valence-electron chi connectivity index (χ3n) is 4.63. The normalized spacial score (nSPS) is 17.5. The Morgan fingerprint density at radius 1 is 1.17 bits per heavy atom. The number of aliphatic hydroxyl groups is 1. The van der Waals surface area contributed by atoms with E-state index < -0.39 is 5.60 Å². The van der Waals surface area contributed by atoms with Crippen LogP contribution in [0.2, 0.25) is 0 Å². The highest BCUT2D eigenvalue weighted by Crippen LogP contribution is 2.36. The molecule has 4 nitrogen and oxygen atoms in total. The van der Waals surface area contributed by atoms with Crippen LogP contribution in [0.4, 0.5) is 0 Å². The van der Waals surface area contributed by atoms with Crippen LogP contribution in [0.25, 0.3) is 0 Å². The predicted octanol–water partition coefficient (Wildman–Crippen LogP) is 3.86. The maximum absolute atomic E-state index is 11.0. The van der Waals surface area contributed by atoms with Crippen molar-refractivity contribution in [3.05, 3.63) is 53.9 Å². The maximum Gasteiger partial charge on any atom is 0.161 e. The molecule has 1 fully saturated rings. The molecule has 1 aromatic heterocycles. The average Bonchev–Trinajstić information content (AvgIpc) is 3.08. The van der Waals surface area contributed by atoms with Crippen molar-refractivity contribution in [2.24, 2.45) is 0 Å². The Morgan fingerprint density at radius 3 is 2.62 bits per heavy atom. The highest BCUT2D eigenvalue weighted by Gasteiger charge is 2.26. The Labute approximate surface area is 143 Å². The Hall–Kier alpha value is -2.07. The van der Waals surface area contributed by atoms with E-state index >= 15 is 0 Å². The first-order chi connectivity index (χ1) is 11.6. The monoisotopic (exact) mass is 327 g/mol. The summed E-state index contributed by atoms with van der Waals surface area (Å²) in [7, 11) is 1.64. The quantitative estimate of drug-likeness (QED) is 0.875. The summed E-state index contributed by atoms with van der Waals surface area (Å²) in [4.78, 5) is 4.31. The van der Waals surface area contributed by atoms with Crippen molar-refractivity contribution in [3.63, 3.8) is 0 Å². The highest BCUT2D eigenvalue weighted by molar-refractivity contribution is 5.45. The fourth-order valence-corrected chi connectivity index (χ4v) is 3.25. The second-order valence-corrected chi connectivity index (χ2v) is 6.66. The van der Waals surface area contributed by atoms with Crippen LogP contribution in [-0.2, 0) is 12.0 Å². The standard InChI is InChI=1S/C20H25NO3/c1-20(22,14-16-7-5-6-12-21-16)15-10-11-18(23-2)19(13-15)24-17-8-3-4-9-17/h5-7,10-13,17,22H,3-4,8-9,14H2,1-2H3. The van der Waals surface area contributed by atoms with E-state index in [4.69, 9.17) is 9.47 Å². The van der Waals surface area contributed by atoms with Crippen molar-refractivity contribution in [2.45, 2.75) is 50.7 Å². The highest BCUT2D eigenvalue weighted by atomic mass is 16.5. The predicted molar refractivity (Wildman–Crippen MR) is 93.4 cm³/mol. The number of rotatable bonds is 6. The summed E-state index contributed by atoms with van der Waals surface area (Å²) in [6.07, 6.45) is 7.02. The minimum absolute atomic E-state index is 0.245. The second-order valence-electron chi connectivity index (χ2n) is 6.66. The maximum atomic E-state index is 11.0. The Balaban J connectivity index is 1.83. The van der Waals surface area contributed by atoms with Gasteiger partial charge in [0.25, 0.3) is 0 Å². The number of hydrogen-bond donors (Lipinski definition) is 1.